The predicted molar refractivity (Wildman–Crippen MR) is 512 cm³/mol. The van der Waals surface area contributed by atoms with Crippen molar-refractivity contribution in [3.63, 3.8) is 0 Å². The van der Waals surface area contributed by atoms with Crippen LogP contribution in [0.1, 0.15) is 226 Å². The van der Waals surface area contributed by atoms with Crippen LogP contribution in [0.4, 0.5) is 34.1 Å². The van der Waals surface area contributed by atoms with Crippen LogP contribution in [-0.4, -0.2) is 244 Å². The molecule has 6 amide bonds. The average Bonchev–Trinajstić information content (AvgIpc) is 0.747. The van der Waals surface area contributed by atoms with Crippen LogP contribution < -0.4 is 30.7 Å². The van der Waals surface area contributed by atoms with Crippen molar-refractivity contribution in [2.24, 2.45) is 0 Å². The van der Waals surface area contributed by atoms with Gasteiger partial charge in [-0.2, -0.15) is 0 Å². The van der Waals surface area contributed by atoms with E-state index >= 15 is 0 Å². The number of amides is 6. The molecule has 0 radical (unpaired) electrons. The van der Waals surface area contributed by atoms with E-state index in [9.17, 15) is 135 Å². The number of hydrogen-bond donors (Lipinski definition) is 3. The van der Waals surface area contributed by atoms with Crippen LogP contribution >= 0.6 is 0 Å². The second-order valence-electron chi connectivity index (χ2n) is 32.3. The highest BCUT2D eigenvalue weighted by Crippen LogP contribution is 2.41. The van der Waals surface area contributed by atoms with Gasteiger partial charge >= 0.3 is 35.8 Å². The molecule has 0 aliphatic rings. The van der Waals surface area contributed by atoms with Crippen molar-refractivity contribution in [3.05, 3.63) is 168 Å². The molecule has 3 N–H and O–H groups in total. The largest absolute Gasteiger partial charge is 0.748 e. The minimum absolute atomic E-state index is 0.0754. The molecular weight excluding hydrogens is 1950 g/mol. The first-order chi connectivity index (χ1) is 63.1. The van der Waals surface area contributed by atoms with Gasteiger partial charge in [0.25, 0.3) is 0 Å². The monoisotopic (exact) mass is 2070 g/mol. The predicted octanol–water partition coefficient (Wildman–Crippen LogP) is 8.94. The molecule has 0 fully saturated rings. The van der Waals surface area contributed by atoms with Gasteiger partial charge in [0.05, 0.1) is 146 Å². The Bertz CT molecular complexity index is 6380. The van der Waals surface area contributed by atoms with Crippen LogP contribution in [0.15, 0.2) is 12.1 Å². The summed E-state index contributed by atoms with van der Waals surface area (Å²) in [6.45, 7) is 44.2. The van der Waals surface area contributed by atoms with Crippen molar-refractivity contribution in [2.45, 2.75) is 194 Å². The molecule has 0 saturated carbocycles. The zero-order chi connectivity index (χ0) is 109. The van der Waals surface area contributed by atoms with Gasteiger partial charge in [0, 0.05) is 79.7 Å². The van der Waals surface area contributed by atoms with Crippen molar-refractivity contribution >= 4 is 166 Å². The Balaban J connectivity index is 0.000000840. The Hall–Kier alpha value is -11.6. The molecule has 0 unspecified atom stereocenters. The van der Waals surface area contributed by atoms with Crippen molar-refractivity contribution in [1.29, 1.82) is 0 Å². The fourth-order valence-electron chi connectivity index (χ4n) is 14.2. The number of anilines is 6. The highest BCUT2D eigenvalue weighted by Gasteiger charge is 2.32. The summed E-state index contributed by atoms with van der Waals surface area (Å²) in [6, 6.07) is 3.69. The highest BCUT2D eigenvalue weighted by molar-refractivity contribution is 7.86. The summed E-state index contributed by atoms with van der Waals surface area (Å²) in [5, 5.41) is 7.88. The number of hydrogen-bond acceptors (Lipinski definition) is 36. The molecule has 0 heterocycles. The van der Waals surface area contributed by atoms with Gasteiger partial charge in [-0.25, -0.2) is 79.3 Å². The van der Waals surface area contributed by atoms with Crippen molar-refractivity contribution in [3.8, 4) is 0 Å². The van der Waals surface area contributed by atoms with Gasteiger partial charge in [0.15, 0.2) is 0 Å². The van der Waals surface area contributed by atoms with Gasteiger partial charge in [-0.05, 0) is 281 Å². The molecule has 0 bridgehead atoms. The van der Waals surface area contributed by atoms with E-state index in [4.69, 9.17) is 28.4 Å². The molecule has 0 aromatic heterocycles. The first-order valence-corrected chi connectivity index (χ1v) is 51.4. The summed E-state index contributed by atoms with van der Waals surface area (Å²) in [5.74, 6) is -10.9. The Morgan fingerprint density at radius 1 is 0.237 bits per heavy atom. The number of aryl methyl sites for hydroxylation is 3. The molecule has 6 aromatic rings. The quantitative estimate of drug-likeness (QED) is 0.0215. The second-order valence-corrected chi connectivity index (χ2v) is 41.5. The number of nitrogens with one attached hydrogen (secondary N) is 3. The average molecular weight is 2070 g/mol. The zero-order valence-electron chi connectivity index (χ0n) is 83.6. The molecule has 774 valence electrons. The minimum Gasteiger partial charge on any atom is -0.748 e. The molecule has 6 rings (SSSR count). The summed E-state index contributed by atoms with van der Waals surface area (Å²) in [4.78, 5) is 148. The number of carbonyl (C=O) groups is 12. The maximum atomic E-state index is 12.6. The maximum absolute atomic E-state index is 12.6. The van der Waals surface area contributed by atoms with Gasteiger partial charge in [-0.1, -0.05) is 6.07 Å². The number of esters is 6. The molecule has 48 heteroatoms. The summed E-state index contributed by atoms with van der Waals surface area (Å²) < 4.78 is 220. The molecule has 0 spiro atoms. The first-order valence-electron chi connectivity index (χ1n) is 42.0. The van der Waals surface area contributed by atoms with E-state index in [1.165, 1.54) is 63.3 Å². The lowest BCUT2D eigenvalue weighted by Crippen LogP contribution is -2.30. The smallest absolute Gasteiger partial charge is 0.338 e. The lowest BCUT2D eigenvalue weighted by atomic mass is 9.90. The molecule has 0 aliphatic carbocycles. The van der Waals surface area contributed by atoms with E-state index in [2.05, 4.69) is 16.0 Å². The Morgan fingerprint density at radius 3 is 0.676 bits per heavy atom. The lowest BCUT2D eigenvalue weighted by molar-refractivity contribution is -0.117. The Morgan fingerprint density at radius 2 is 0.432 bits per heavy atom. The number of nitrogens with zero attached hydrogens (tertiary/aromatic N) is 3. The van der Waals surface area contributed by atoms with Crippen LogP contribution in [0.5, 0.6) is 0 Å². The summed E-state index contributed by atoms with van der Waals surface area (Å²) in [5.41, 5.74) is 20.5. The Kier molecular flexibility index (Phi) is 47.5. The van der Waals surface area contributed by atoms with Crippen LogP contribution in [0.2, 0.25) is 0 Å². The third kappa shape index (κ3) is 38.2. The topological polar surface area (TPSA) is 649 Å². The molecule has 0 saturated heterocycles. The van der Waals surface area contributed by atoms with Gasteiger partial charge in [0.2, 0.25) is 35.4 Å². The number of benzene rings is 6. The Labute approximate surface area is 812 Å². The van der Waals surface area contributed by atoms with E-state index in [0.29, 0.717) is 101 Å². The number of ether oxygens (including phenoxy) is 6. The van der Waals surface area contributed by atoms with E-state index in [-0.39, 0.29) is 52.1 Å². The molecule has 6 aromatic carbocycles. The molecule has 139 heavy (non-hydrogen) atoms. The standard InChI is InChI=1S/C18H26N2O7S.C17H24N2O7S.C16H22N2O7S.C14H20O5S.2C13H18O5S/c1-10-15(18(23)27-8-9-28(24,25)26)11(2)17(20(7)14(5)22)12(3)16(10)19(6)13(4)21;1-9-14(17(22)26-7-8-27(23,24)25)10(2)16(19(6)13(5)21)11(3)15(9)18-12(4)20;1-8-13(16(21)25-6-7-26(22,23)24)9(2)15(18-12(5)20)10(3)14(8)17-11(4)19;1-8-9(2)11(4)13(12(5)10(8)3)14(15)19-6-7-20(16,17)18;1-8-7-12(11(4)10(3)9(8)2)13(14)18-5-6-19(15,16)17;1-8-7-9(2)11(4)12(10(8)3)13(14)18-5-6-19(15,16)17/h8-9H2,1-7H3,(H,24,25,26);7-8H2,1-6H3,(H,18,20)(H,23,24,25);6-7H2,1-5H3,(H,17,19)(H,18,20)(H,22,23,24);6-7H2,1-5H3,(H,16,17,18);2*7H,5-6H2,1-4H3,(H,15,16,17)/p-6. The third-order valence-corrected chi connectivity index (χ3v) is 26.4. The van der Waals surface area contributed by atoms with E-state index in [1.54, 1.807) is 82.5 Å². The highest BCUT2D eigenvalue weighted by atomic mass is 32.2. The number of rotatable bonds is 30. The molecule has 42 nitrogen and oxygen atoms in total. The van der Waals surface area contributed by atoms with E-state index in [0.717, 1.165) is 72.3 Å². The summed E-state index contributed by atoms with van der Waals surface area (Å²) in [6.07, 6.45) is 0. The molecule has 0 atom stereocenters. The number of carbonyl (C=O) groups excluding carboxylic acids is 12. The SMILES string of the molecule is CC(=O)N(C)c1c(C)c(C(=O)OCCS(=O)(=O)[O-])c(C)c(N(C)C(C)=O)c1C.CC(=O)Nc1c(C)c(C(=O)OCCS(=O)(=O)[O-])c(C)c(N(C)C(C)=O)c1C.CC(=O)Nc1c(C)c(NC(C)=O)c(C)c(C(=O)OCCS(=O)(=O)[O-])c1C.Cc1c(C)c(C)c(C(=O)OCCS(=O)(=O)[O-])c(C)c1C.Cc1cc(C(=O)OCCS(=O)(=O)[O-])c(C)c(C)c1C.Cc1cc(C)c(C)c(C(=O)OCCS(=O)(=O)[O-])c1C. The van der Waals surface area contributed by atoms with Crippen molar-refractivity contribution < 1.29 is 164 Å². The zero-order valence-corrected chi connectivity index (χ0v) is 88.5. The minimum atomic E-state index is -4.53. The molecule has 0 aliphatic heterocycles. The van der Waals surface area contributed by atoms with Gasteiger partial charge in [-0.3, -0.25) is 28.8 Å². The fraction of sp³-hybridized carbons (Fsp3) is 0.473. The molecular formula is C91H122N6O36S6-6. The maximum Gasteiger partial charge on any atom is 0.338 e. The van der Waals surface area contributed by atoms with Crippen LogP contribution in [0.25, 0.3) is 0 Å². The summed E-state index contributed by atoms with van der Waals surface area (Å²) >= 11 is 0. The fourth-order valence-corrected chi connectivity index (χ4v) is 15.9. The van der Waals surface area contributed by atoms with E-state index < -0.39 is 171 Å². The van der Waals surface area contributed by atoms with Crippen molar-refractivity contribution in [2.75, 3.05) is 126 Å². The van der Waals surface area contributed by atoms with Crippen molar-refractivity contribution in [1.82, 2.24) is 0 Å². The normalized spacial score (nSPS) is 11.2. The lowest BCUT2D eigenvalue weighted by Gasteiger charge is -2.29. The first kappa shape index (κ1) is 125. The van der Waals surface area contributed by atoms with Crippen LogP contribution in [0.3, 0.4) is 0 Å². The second kappa shape index (κ2) is 52.6. The van der Waals surface area contributed by atoms with Crippen LogP contribution in [0, 0.1) is 152 Å². The van der Waals surface area contributed by atoms with Gasteiger partial charge in [0.1, 0.15) is 39.6 Å². The van der Waals surface area contributed by atoms with Crippen LogP contribution in [-0.2, 0) is 118 Å². The third-order valence-electron chi connectivity index (χ3n) is 22.4. The van der Waals surface area contributed by atoms with Gasteiger partial charge < -0.3 is 86.4 Å². The van der Waals surface area contributed by atoms with E-state index in [1.807, 2.05) is 96.1 Å². The van der Waals surface area contributed by atoms with Gasteiger partial charge in [-0.15, -0.1) is 0 Å². The summed E-state index contributed by atoms with van der Waals surface area (Å²) in [7, 11) is -22.0.